The fourth-order valence-corrected chi connectivity index (χ4v) is 13.2. The molecule has 25 heteroatoms. The Balaban J connectivity index is 1.75. The molecule has 2 saturated heterocycles. The molecule has 0 radical (unpaired) electrons. The Bertz CT molecular complexity index is 2090. The van der Waals surface area contributed by atoms with Crippen molar-refractivity contribution in [3.8, 4) is 0 Å². The molecular formula is C71H129O24P. The van der Waals surface area contributed by atoms with Gasteiger partial charge in [-0.05, 0) is 25.7 Å². The molecule has 1 aliphatic carbocycles. The molecule has 2 heterocycles. The number of esters is 3. The molecule has 0 aromatic carbocycles. The van der Waals surface area contributed by atoms with Gasteiger partial charge in [0, 0.05) is 18.9 Å². The van der Waals surface area contributed by atoms with Gasteiger partial charge in [-0.3, -0.25) is 18.6 Å². The molecule has 3 fully saturated rings. The summed E-state index contributed by atoms with van der Waals surface area (Å²) in [6.07, 6.45) is 13.1. The van der Waals surface area contributed by atoms with E-state index in [0.29, 0.717) is 12.8 Å². The molecule has 1 saturated carbocycles. The number of phosphoric acid groups is 1. The second-order valence-corrected chi connectivity index (χ2v) is 28.1. The van der Waals surface area contributed by atoms with Crippen LogP contribution in [0.25, 0.3) is 0 Å². The Morgan fingerprint density at radius 2 is 0.802 bits per heavy atom. The maximum Gasteiger partial charge on any atom is 0.472 e. The molecule has 18 atom stereocenters. The first-order valence-corrected chi connectivity index (χ1v) is 38.7. The van der Waals surface area contributed by atoms with Gasteiger partial charge in [0.15, 0.2) is 18.7 Å². The van der Waals surface area contributed by atoms with Crippen molar-refractivity contribution < 1.29 is 117 Å². The molecule has 0 amide bonds. The lowest BCUT2D eigenvalue weighted by atomic mass is 9.84. The highest BCUT2D eigenvalue weighted by molar-refractivity contribution is 7.47. The van der Waals surface area contributed by atoms with Gasteiger partial charge in [0.05, 0.1) is 13.2 Å². The van der Waals surface area contributed by atoms with Gasteiger partial charge in [-0.25, -0.2) is 9.36 Å². The van der Waals surface area contributed by atoms with Crippen LogP contribution in [0.4, 0.5) is 0 Å². The number of phosphoric ester groups is 1. The second kappa shape index (κ2) is 53.3. The van der Waals surface area contributed by atoms with Crippen molar-refractivity contribution >= 4 is 25.7 Å². The van der Waals surface area contributed by atoms with E-state index in [-0.39, 0.29) is 12.8 Å². The van der Waals surface area contributed by atoms with Crippen molar-refractivity contribution in [3.05, 3.63) is 24.3 Å². The smallest absolute Gasteiger partial charge is 0.462 e. The van der Waals surface area contributed by atoms with E-state index in [1.54, 1.807) is 6.08 Å². The normalized spacial score (nSPS) is 28.1. The van der Waals surface area contributed by atoms with Gasteiger partial charge in [0.25, 0.3) is 0 Å². The molecule has 24 nitrogen and oxygen atoms in total. The first kappa shape index (κ1) is 87.7. The molecule has 0 bridgehead atoms. The molecular weight excluding hydrogens is 1270 g/mol. The number of ether oxygens (including phenoxy) is 7. The van der Waals surface area contributed by atoms with Crippen LogP contribution in [-0.2, 0) is 61.2 Å². The summed E-state index contributed by atoms with van der Waals surface area (Å²) in [5.41, 5.74) is 0. The number of hydrogen-bond acceptors (Lipinski definition) is 23. The van der Waals surface area contributed by atoms with Crippen LogP contribution in [0.15, 0.2) is 24.3 Å². The third-order valence-electron chi connectivity index (χ3n) is 18.3. The molecule has 3 rings (SSSR count). The lowest BCUT2D eigenvalue weighted by Crippen LogP contribution is -2.69. The van der Waals surface area contributed by atoms with E-state index in [9.17, 15) is 74.9 Å². The van der Waals surface area contributed by atoms with Crippen molar-refractivity contribution in [2.75, 3.05) is 26.4 Å². The minimum atomic E-state index is -5.70. The zero-order chi connectivity index (χ0) is 70.4. The third kappa shape index (κ3) is 36.4. The fourth-order valence-electron chi connectivity index (χ4n) is 12.3. The van der Waals surface area contributed by atoms with Crippen molar-refractivity contribution in [3.63, 3.8) is 0 Å². The summed E-state index contributed by atoms with van der Waals surface area (Å²) >= 11 is 0. The van der Waals surface area contributed by atoms with Crippen LogP contribution in [0.1, 0.15) is 278 Å². The Hall–Kier alpha value is -2.56. The van der Waals surface area contributed by atoms with Crippen LogP contribution in [0.2, 0.25) is 0 Å². The Morgan fingerprint density at radius 1 is 0.427 bits per heavy atom. The Morgan fingerprint density at radius 3 is 1.23 bits per heavy atom. The number of hydrogen-bond donors (Lipinski definition) is 11. The van der Waals surface area contributed by atoms with E-state index in [1.807, 2.05) is 6.08 Å². The van der Waals surface area contributed by atoms with Gasteiger partial charge in [0.2, 0.25) is 0 Å². The van der Waals surface area contributed by atoms with Crippen LogP contribution in [0.5, 0.6) is 0 Å². The molecule has 0 aromatic heterocycles. The molecule has 0 spiro atoms. The topological polar surface area (TPSA) is 374 Å². The molecule has 562 valence electrons. The third-order valence-corrected chi connectivity index (χ3v) is 19.3. The van der Waals surface area contributed by atoms with Crippen molar-refractivity contribution in [2.24, 2.45) is 0 Å². The predicted molar refractivity (Wildman–Crippen MR) is 361 cm³/mol. The lowest BCUT2D eigenvalue weighted by molar-refractivity contribution is -0.360. The lowest BCUT2D eigenvalue weighted by Gasteiger charge is -2.49. The van der Waals surface area contributed by atoms with Gasteiger partial charge in [-0.15, -0.1) is 0 Å². The minimum absolute atomic E-state index is 0.0386. The van der Waals surface area contributed by atoms with Gasteiger partial charge in [-0.2, -0.15) is 0 Å². The number of allylic oxidation sites excluding steroid dienone is 3. The number of aliphatic hydroxyl groups is 10. The van der Waals surface area contributed by atoms with Crippen molar-refractivity contribution in [1.82, 2.24) is 0 Å². The number of carbonyl (C=O) groups is 3. The standard InChI is InChI=1S/C71H129O24P/c1-4-7-10-13-16-19-22-25-27-29-31-34-37-40-43-46-56(74)88-51-54-59(77)61(79)66(84)71(92-54)94-68-64(82)62(80)63(81)67(93-70-65(83)60(78)58(76)53(48-72)91-70)69(68)95-96(85,86)89-50-52(49-87-55(73)45-42-39-36-33-30-24-21-18-15-12-9-6-3)90-57(75)47-44-41-38-35-32-28-26-23-20-17-14-11-8-5-2/h37,40,43,46,52-54,58-72,76-84H,4-36,38-39,41-42,44-45,47-51H2,1-3H3,(H,85,86)/b40-37+,46-43+. The van der Waals surface area contributed by atoms with Gasteiger partial charge in [0.1, 0.15) is 98.7 Å². The fraction of sp³-hybridized carbons (Fsp3) is 0.901. The van der Waals surface area contributed by atoms with E-state index in [1.165, 1.54) is 147 Å². The quantitative estimate of drug-likeness (QED) is 0.00673. The largest absolute Gasteiger partial charge is 0.472 e. The number of rotatable bonds is 57. The van der Waals surface area contributed by atoms with Crippen LogP contribution in [-0.4, -0.2) is 204 Å². The predicted octanol–water partition coefficient (Wildman–Crippen LogP) is 9.74. The Labute approximate surface area is 573 Å². The number of aliphatic hydroxyl groups excluding tert-OH is 10. The van der Waals surface area contributed by atoms with Crippen LogP contribution < -0.4 is 0 Å². The Kier molecular flexibility index (Phi) is 48.7. The van der Waals surface area contributed by atoms with Crippen LogP contribution >= 0.6 is 7.82 Å². The van der Waals surface area contributed by atoms with E-state index >= 15 is 0 Å². The SMILES string of the molecule is CCCCCCCCCCCCC/C=C/C=C/C(=O)OCC1OC(OC2C(O)C(O)C(O)C(OC3OC(CO)C(O)C(O)C3O)C2OP(=O)(O)OCC(COC(=O)CCCCCCCCCCCCCC)OC(=O)CCCCCCCCCCCCCCCC)C(O)C(O)C1O. The number of unbranched alkanes of at least 4 members (excludes halogenated alkanes) is 35. The summed E-state index contributed by atoms with van der Waals surface area (Å²) in [5.74, 6) is -2.22. The molecule has 2 aliphatic heterocycles. The van der Waals surface area contributed by atoms with Crippen molar-refractivity contribution in [2.45, 2.75) is 382 Å². The maximum absolute atomic E-state index is 14.3. The molecule has 11 N–H and O–H groups in total. The van der Waals surface area contributed by atoms with E-state index in [4.69, 9.17) is 42.2 Å². The zero-order valence-corrected chi connectivity index (χ0v) is 59.3. The summed E-state index contributed by atoms with van der Waals surface area (Å²) in [6, 6.07) is 0. The summed E-state index contributed by atoms with van der Waals surface area (Å²) in [4.78, 5) is 50.8. The summed E-state index contributed by atoms with van der Waals surface area (Å²) < 4.78 is 64.8. The highest BCUT2D eigenvalue weighted by Gasteiger charge is 2.58. The minimum Gasteiger partial charge on any atom is -0.462 e. The highest BCUT2D eigenvalue weighted by Crippen LogP contribution is 2.49. The average Bonchev–Trinajstić information content (AvgIpc) is 0.763. The monoisotopic (exact) mass is 1400 g/mol. The average molecular weight is 1400 g/mol. The molecule has 96 heavy (non-hydrogen) atoms. The highest BCUT2D eigenvalue weighted by atomic mass is 31.2. The van der Waals surface area contributed by atoms with Crippen molar-refractivity contribution in [1.29, 1.82) is 0 Å². The summed E-state index contributed by atoms with van der Waals surface area (Å²) in [7, 11) is -5.70. The molecule has 3 aliphatic rings. The first-order chi connectivity index (χ1) is 46.3. The number of carbonyl (C=O) groups excluding carboxylic acids is 3. The summed E-state index contributed by atoms with van der Waals surface area (Å²) in [5, 5.41) is 110. The molecule has 0 aromatic rings. The van der Waals surface area contributed by atoms with E-state index < -0.39 is 156 Å². The second-order valence-electron chi connectivity index (χ2n) is 26.7. The first-order valence-electron chi connectivity index (χ1n) is 37.2. The van der Waals surface area contributed by atoms with Crippen LogP contribution in [0.3, 0.4) is 0 Å². The maximum atomic E-state index is 14.3. The zero-order valence-electron chi connectivity index (χ0n) is 58.4. The van der Waals surface area contributed by atoms with E-state index in [0.717, 1.165) is 96.0 Å². The van der Waals surface area contributed by atoms with Gasteiger partial charge < -0.3 is 89.1 Å². The molecule has 18 unspecified atom stereocenters. The van der Waals surface area contributed by atoms with Crippen LogP contribution in [0, 0.1) is 0 Å². The van der Waals surface area contributed by atoms with Gasteiger partial charge in [-0.1, -0.05) is 257 Å². The van der Waals surface area contributed by atoms with E-state index in [2.05, 4.69) is 20.8 Å². The summed E-state index contributed by atoms with van der Waals surface area (Å²) in [6.45, 7) is 3.35. The van der Waals surface area contributed by atoms with Gasteiger partial charge >= 0.3 is 25.7 Å².